The van der Waals surface area contributed by atoms with Crippen LogP contribution in [0, 0.1) is 0 Å². The van der Waals surface area contributed by atoms with Gasteiger partial charge in [-0.1, -0.05) is 71.3 Å². The molecule has 6 nitrogen and oxygen atoms in total. The van der Waals surface area contributed by atoms with Gasteiger partial charge in [0.25, 0.3) is 0 Å². The van der Waals surface area contributed by atoms with Crippen molar-refractivity contribution >= 4 is 12.1 Å². The van der Waals surface area contributed by atoms with Gasteiger partial charge in [-0.05, 0) is 26.8 Å². The van der Waals surface area contributed by atoms with E-state index in [4.69, 9.17) is 14.6 Å². The Bertz CT molecular complexity index is 355. The first kappa shape index (κ1) is 25.7. The second-order valence-electron chi connectivity index (χ2n) is 6.30. The second-order valence-corrected chi connectivity index (χ2v) is 6.30. The molecule has 4 N–H and O–H groups in total. The van der Waals surface area contributed by atoms with Gasteiger partial charge in [0.2, 0.25) is 0 Å². The number of carbonyl (C=O) groups excluding carboxylic acids is 1. The minimum absolute atomic E-state index is 0.229. The highest BCUT2D eigenvalue weighted by molar-refractivity contribution is 5.87. The van der Waals surface area contributed by atoms with Gasteiger partial charge in [0.1, 0.15) is 0 Å². The molecule has 0 radical (unpaired) electrons. The first-order chi connectivity index (χ1) is 11.8. The van der Waals surface area contributed by atoms with Crippen molar-refractivity contribution in [1.29, 1.82) is 0 Å². The fourth-order valence-corrected chi connectivity index (χ4v) is 2.22. The Hall–Kier alpha value is -1.56. The largest absolute Gasteiger partial charge is 0.465 e. The maximum atomic E-state index is 11.3. The van der Waals surface area contributed by atoms with Gasteiger partial charge in [0.05, 0.1) is 0 Å². The molecule has 6 heteroatoms. The van der Waals surface area contributed by atoms with Crippen molar-refractivity contribution in [2.75, 3.05) is 6.54 Å². The van der Waals surface area contributed by atoms with Crippen LogP contribution in [0.1, 0.15) is 85.0 Å². The first-order valence-corrected chi connectivity index (χ1v) is 9.39. The number of esters is 1. The number of unbranched alkanes of at least 4 members (excludes halogenated alkanes) is 9. The number of hydrogen-bond acceptors (Lipinski definition) is 4. The number of rotatable bonds is 14. The average molecular weight is 359 g/mol. The molecule has 0 aromatic rings. The molecule has 0 saturated heterocycles. The SMILES string of the molecule is C=C(C)C(=O)OC(C)NCCCCCCCCCCCC.NC(=O)O. The molecular formula is C19H38N2O4. The zero-order valence-electron chi connectivity index (χ0n) is 16.3. The van der Waals surface area contributed by atoms with Gasteiger partial charge in [0.15, 0.2) is 6.23 Å². The highest BCUT2D eigenvalue weighted by atomic mass is 16.6. The van der Waals surface area contributed by atoms with E-state index in [9.17, 15) is 4.79 Å². The van der Waals surface area contributed by atoms with Gasteiger partial charge >= 0.3 is 12.1 Å². The molecule has 0 bridgehead atoms. The van der Waals surface area contributed by atoms with Crippen molar-refractivity contribution in [2.45, 2.75) is 91.2 Å². The number of carboxylic acid groups (broad SMARTS) is 1. The van der Waals surface area contributed by atoms with Crippen molar-refractivity contribution in [1.82, 2.24) is 5.32 Å². The summed E-state index contributed by atoms with van der Waals surface area (Å²) in [4.78, 5) is 20.1. The average Bonchev–Trinajstić information content (AvgIpc) is 2.51. The maximum absolute atomic E-state index is 11.3. The third kappa shape index (κ3) is 24.8. The number of ether oxygens (including phenoxy) is 1. The minimum Gasteiger partial charge on any atom is -0.465 e. The van der Waals surface area contributed by atoms with Crippen molar-refractivity contribution in [3.05, 3.63) is 12.2 Å². The van der Waals surface area contributed by atoms with Gasteiger partial charge in [-0.3, -0.25) is 5.32 Å². The highest BCUT2D eigenvalue weighted by Crippen LogP contribution is 2.10. The topological polar surface area (TPSA) is 102 Å². The number of nitrogens with two attached hydrogens (primary N) is 1. The summed E-state index contributed by atoms with van der Waals surface area (Å²) in [5, 5.41) is 10.4. The zero-order chi connectivity index (χ0) is 19.5. The summed E-state index contributed by atoms with van der Waals surface area (Å²) in [5.41, 5.74) is 4.47. The number of carbonyl (C=O) groups is 2. The maximum Gasteiger partial charge on any atom is 0.402 e. The third-order valence-corrected chi connectivity index (χ3v) is 3.59. The van der Waals surface area contributed by atoms with Crippen molar-refractivity contribution in [3.8, 4) is 0 Å². The molecule has 0 fully saturated rings. The predicted octanol–water partition coefficient (Wildman–Crippen LogP) is 4.59. The summed E-state index contributed by atoms with van der Waals surface area (Å²) in [5.74, 6) is -0.321. The summed E-state index contributed by atoms with van der Waals surface area (Å²) in [7, 11) is 0. The molecule has 1 amide bonds. The van der Waals surface area contributed by atoms with E-state index in [1.54, 1.807) is 6.92 Å². The van der Waals surface area contributed by atoms with Crippen LogP contribution in [-0.4, -0.2) is 29.9 Å². The second kappa shape index (κ2) is 18.8. The van der Waals surface area contributed by atoms with Crippen LogP contribution in [-0.2, 0) is 9.53 Å². The standard InChI is InChI=1S/C18H35NO2.CH3NO2/c1-5-6-7-8-9-10-11-12-13-14-15-19-17(4)21-18(20)16(2)3;2-1(3)4/h17,19H,2,5-15H2,1,3-4H3;2H2,(H,3,4). The van der Waals surface area contributed by atoms with Crippen molar-refractivity contribution in [2.24, 2.45) is 5.73 Å². The van der Waals surface area contributed by atoms with Gasteiger partial charge in [-0.15, -0.1) is 0 Å². The molecule has 1 atom stereocenters. The summed E-state index contributed by atoms with van der Waals surface area (Å²) in [6.07, 6.45) is 11.8. The molecule has 0 spiro atoms. The Labute approximate surface area is 153 Å². The molecule has 25 heavy (non-hydrogen) atoms. The van der Waals surface area contributed by atoms with E-state index in [1.165, 1.54) is 57.8 Å². The minimum atomic E-state index is -1.33. The lowest BCUT2D eigenvalue weighted by atomic mass is 10.1. The Morgan fingerprint density at radius 2 is 1.44 bits per heavy atom. The van der Waals surface area contributed by atoms with Crippen LogP contribution < -0.4 is 11.1 Å². The van der Waals surface area contributed by atoms with Gasteiger partial charge in [-0.25, -0.2) is 9.59 Å². The number of amides is 1. The lowest BCUT2D eigenvalue weighted by molar-refractivity contribution is -0.144. The summed E-state index contributed by atoms with van der Waals surface area (Å²) >= 11 is 0. The Morgan fingerprint density at radius 1 is 1.04 bits per heavy atom. The van der Waals surface area contributed by atoms with Crippen LogP contribution in [0.5, 0.6) is 0 Å². The zero-order valence-corrected chi connectivity index (χ0v) is 16.3. The van der Waals surface area contributed by atoms with E-state index >= 15 is 0 Å². The van der Waals surface area contributed by atoms with Crippen LogP contribution in [0.4, 0.5) is 4.79 Å². The van der Waals surface area contributed by atoms with Crippen LogP contribution >= 0.6 is 0 Å². The monoisotopic (exact) mass is 358 g/mol. The molecule has 0 aromatic heterocycles. The summed E-state index contributed by atoms with van der Waals surface area (Å²) in [6.45, 7) is 10.3. The van der Waals surface area contributed by atoms with Crippen molar-refractivity contribution in [3.63, 3.8) is 0 Å². The van der Waals surface area contributed by atoms with Gasteiger partial charge in [-0.2, -0.15) is 0 Å². The van der Waals surface area contributed by atoms with Crippen molar-refractivity contribution < 1.29 is 19.4 Å². The fourth-order valence-electron chi connectivity index (χ4n) is 2.22. The lowest BCUT2D eigenvalue weighted by Gasteiger charge is -2.14. The molecule has 0 aliphatic heterocycles. The van der Waals surface area contributed by atoms with Gasteiger partial charge in [0, 0.05) is 5.57 Å². The Kier molecular flexibility index (Phi) is 19.3. The normalized spacial score (nSPS) is 11.2. The van der Waals surface area contributed by atoms with E-state index in [0.29, 0.717) is 5.57 Å². The molecule has 0 aliphatic carbocycles. The molecule has 0 heterocycles. The van der Waals surface area contributed by atoms with E-state index in [0.717, 1.165) is 13.0 Å². The molecule has 0 aromatic carbocycles. The predicted molar refractivity (Wildman–Crippen MR) is 102 cm³/mol. The smallest absolute Gasteiger partial charge is 0.402 e. The summed E-state index contributed by atoms with van der Waals surface area (Å²) < 4.78 is 5.15. The number of nitrogens with one attached hydrogen (secondary N) is 1. The quantitative estimate of drug-likeness (QED) is 0.182. The number of hydrogen-bond donors (Lipinski definition) is 3. The van der Waals surface area contributed by atoms with Crippen LogP contribution in [0.3, 0.4) is 0 Å². The van der Waals surface area contributed by atoms with Crippen LogP contribution in [0.25, 0.3) is 0 Å². The molecule has 0 rings (SSSR count). The Balaban J connectivity index is 0. The Morgan fingerprint density at radius 3 is 1.84 bits per heavy atom. The molecular weight excluding hydrogens is 320 g/mol. The fraction of sp³-hybridized carbons (Fsp3) is 0.789. The van der Waals surface area contributed by atoms with Gasteiger partial charge < -0.3 is 15.6 Å². The molecule has 1 unspecified atom stereocenters. The van der Waals surface area contributed by atoms with Crippen LogP contribution in [0.15, 0.2) is 12.2 Å². The first-order valence-electron chi connectivity index (χ1n) is 9.39. The number of primary amides is 1. The summed E-state index contributed by atoms with van der Waals surface area (Å²) in [6, 6.07) is 0. The van der Waals surface area contributed by atoms with E-state index in [2.05, 4.69) is 24.6 Å². The molecule has 148 valence electrons. The van der Waals surface area contributed by atoms with E-state index in [1.807, 2.05) is 6.92 Å². The third-order valence-electron chi connectivity index (χ3n) is 3.59. The lowest BCUT2D eigenvalue weighted by Crippen LogP contribution is -2.31. The van der Waals surface area contributed by atoms with Crippen LogP contribution in [0.2, 0.25) is 0 Å². The highest BCUT2D eigenvalue weighted by Gasteiger charge is 2.08. The van der Waals surface area contributed by atoms with E-state index in [-0.39, 0.29) is 12.2 Å². The molecule has 0 saturated carbocycles. The van der Waals surface area contributed by atoms with E-state index < -0.39 is 6.09 Å². The molecule has 0 aliphatic rings.